The Bertz CT molecular complexity index is 386. The van der Waals surface area contributed by atoms with Crippen LogP contribution in [0.25, 0.3) is 0 Å². The summed E-state index contributed by atoms with van der Waals surface area (Å²) in [7, 11) is 0. The van der Waals surface area contributed by atoms with Crippen LogP contribution in [0.1, 0.15) is 58.9 Å². The van der Waals surface area contributed by atoms with Crippen LogP contribution in [0, 0.1) is 11.5 Å². The molecule has 109 valence electrons. The third-order valence-corrected chi connectivity index (χ3v) is 2.25. The second kappa shape index (κ2) is 13.4. The number of hydrogen-bond donors (Lipinski definition) is 1. The topological polar surface area (TPSA) is 46.0 Å². The van der Waals surface area contributed by atoms with Crippen LogP contribution in [0.15, 0.2) is 24.4 Å². The van der Waals surface area contributed by atoms with Crippen LogP contribution in [-0.2, 0) is 32.7 Å². The summed E-state index contributed by atoms with van der Waals surface area (Å²) >= 11 is 0. The minimum Gasteiger partial charge on any atom is -0.484 e. The first-order valence-corrected chi connectivity index (χ1v) is 6.94. The quantitative estimate of drug-likeness (QED) is 0.474. The van der Waals surface area contributed by atoms with Gasteiger partial charge in [-0.25, -0.2) is 0 Å². The molecule has 1 heterocycles. The normalized spacial score (nSPS) is 9.70. The van der Waals surface area contributed by atoms with E-state index >= 15 is 0 Å². The number of nitrogens with zero attached hydrogens (tertiary/aromatic N) is 1. The molecule has 0 bridgehead atoms. The van der Waals surface area contributed by atoms with Crippen molar-refractivity contribution in [2.24, 2.45) is 0 Å². The molecule has 1 aromatic heterocycles. The first-order valence-electron chi connectivity index (χ1n) is 6.94. The Morgan fingerprint density at radius 3 is 2.55 bits per heavy atom. The minimum absolute atomic E-state index is 0. The third kappa shape index (κ3) is 9.38. The van der Waals surface area contributed by atoms with Crippen molar-refractivity contribution in [3.63, 3.8) is 0 Å². The van der Waals surface area contributed by atoms with E-state index in [1.54, 1.807) is 18.3 Å². The van der Waals surface area contributed by atoms with Gasteiger partial charge in [0.1, 0.15) is 5.88 Å². The van der Waals surface area contributed by atoms with E-state index in [-0.39, 0.29) is 38.6 Å². The van der Waals surface area contributed by atoms with Crippen LogP contribution < -0.4 is 4.74 Å². The van der Waals surface area contributed by atoms with E-state index in [9.17, 15) is 0 Å². The smallest absolute Gasteiger partial charge is 0.199 e. The van der Waals surface area contributed by atoms with Gasteiger partial charge in [0.25, 0.3) is 0 Å². The molecule has 0 aliphatic rings. The number of unbranched alkanes of at least 4 members (excludes halogenated alkanes) is 1. The van der Waals surface area contributed by atoms with Gasteiger partial charge in [-0.2, -0.15) is 6.07 Å². The van der Waals surface area contributed by atoms with E-state index in [0.717, 1.165) is 18.4 Å². The molecule has 0 aliphatic heterocycles. The number of nitrogens with one attached hydrogen (secondary N) is 1. The molecule has 0 saturated heterocycles. The zero-order chi connectivity index (χ0) is 14.7. The van der Waals surface area contributed by atoms with Crippen LogP contribution in [0.3, 0.4) is 0 Å². The standard InChI is InChI=1S/C14H19N2O.C2H6.Y/c1-4-5-6-7-13(15)17-14-9-8-12(10-16-14)11(2)3;1-2;/h6-7,9-11,15H,4-5H2,1-3H3;1-2H3;/q-1;;/b7-6-,15-13?;;. The van der Waals surface area contributed by atoms with Gasteiger partial charge >= 0.3 is 0 Å². The van der Waals surface area contributed by atoms with Crippen molar-refractivity contribution in [3.05, 3.63) is 36.0 Å². The van der Waals surface area contributed by atoms with Crippen LogP contribution >= 0.6 is 0 Å². The van der Waals surface area contributed by atoms with E-state index in [1.807, 2.05) is 19.9 Å². The van der Waals surface area contributed by atoms with Gasteiger partial charge in [0, 0.05) is 32.7 Å². The second-order valence-electron chi connectivity index (χ2n) is 4.15. The summed E-state index contributed by atoms with van der Waals surface area (Å²) in [4.78, 5) is 4.14. The fourth-order valence-electron chi connectivity index (χ4n) is 1.23. The van der Waals surface area contributed by atoms with Crippen LogP contribution in [-0.4, -0.2) is 10.9 Å². The summed E-state index contributed by atoms with van der Waals surface area (Å²) in [6.07, 6.45) is 7.34. The van der Waals surface area contributed by atoms with Gasteiger partial charge < -0.3 is 9.72 Å². The van der Waals surface area contributed by atoms with Gasteiger partial charge in [-0.3, -0.25) is 5.41 Å². The molecule has 3 nitrogen and oxygen atoms in total. The Labute approximate surface area is 148 Å². The van der Waals surface area contributed by atoms with Crippen molar-refractivity contribution in [2.75, 3.05) is 0 Å². The molecule has 0 spiro atoms. The van der Waals surface area contributed by atoms with Gasteiger partial charge in [0.05, 0.1) is 0 Å². The first-order chi connectivity index (χ1) is 9.13. The molecule has 20 heavy (non-hydrogen) atoms. The Hall–Kier alpha value is -0.536. The maximum Gasteiger partial charge on any atom is 0.199 e. The van der Waals surface area contributed by atoms with E-state index in [0.29, 0.717) is 11.8 Å². The van der Waals surface area contributed by atoms with E-state index in [4.69, 9.17) is 10.1 Å². The van der Waals surface area contributed by atoms with Gasteiger partial charge in [-0.15, -0.1) is 11.6 Å². The minimum atomic E-state index is 0. The molecule has 0 aliphatic carbocycles. The predicted octanol–water partition coefficient (Wildman–Crippen LogP) is 4.74. The number of ether oxygens (including phenoxy) is 1. The van der Waals surface area contributed by atoms with E-state index in [1.165, 1.54) is 0 Å². The predicted molar refractivity (Wildman–Crippen MR) is 80.9 cm³/mol. The second-order valence-corrected chi connectivity index (χ2v) is 4.15. The first kappa shape index (κ1) is 21.8. The summed E-state index contributed by atoms with van der Waals surface area (Å²) < 4.78 is 5.25. The van der Waals surface area contributed by atoms with Gasteiger partial charge in [0.2, 0.25) is 0 Å². The van der Waals surface area contributed by atoms with Crippen LogP contribution in [0.4, 0.5) is 0 Å². The summed E-state index contributed by atoms with van der Waals surface area (Å²) in [6, 6.07) is 4.78. The Kier molecular flexibility index (Phi) is 14.6. The van der Waals surface area contributed by atoms with Gasteiger partial charge in [-0.05, 0) is 18.4 Å². The molecular formula is C16H25N2OY-. The van der Waals surface area contributed by atoms with Crippen LogP contribution in [0.5, 0.6) is 5.88 Å². The molecule has 1 radical (unpaired) electrons. The maximum atomic E-state index is 7.58. The monoisotopic (exact) mass is 350 g/mol. The number of allylic oxidation sites excluding steroid dienone is 1. The van der Waals surface area contributed by atoms with Gasteiger partial charge in [-0.1, -0.05) is 53.3 Å². The number of aromatic nitrogens is 1. The van der Waals surface area contributed by atoms with Crippen molar-refractivity contribution in [1.82, 2.24) is 4.98 Å². The molecule has 0 aromatic carbocycles. The maximum absolute atomic E-state index is 7.58. The number of pyridine rings is 1. The Balaban J connectivity index is 0. The van der Waals surface area contributed by atoms with E-state index < -0.39 is 0 Å². The zero-order valence-electron chi connectivity index (χ0n) is 13.2. The Morgan fingerprint density at radius 1 is 1.45 bits per heavy atom. The number of hydrogen-bond acceptors (Lipinski definition) is 3. The molecule has 1 rings (SSSR count). The molecule has 1 N–H and O–H groups in total. The Morgan fingerprint density at radius 2 is 2.10 bits per heavy atom. The SMILES string of the molecule is CC.CCC/C=C\C(=N)Oc1c[c-]c(C(C)C)cn1.[Y]. The fourth-order valence-corrected chi connectivity index (χ4v) is 1.23. The molecule has 0 unspecified atom stereocenters. The molecular weight excluding hydrogens is 325 g/mol. The molecule has 0 amide bonds. The van der Waals surface area contributed by atoms with Crippen molar-refractivity contribution in [3.8, 4) is 5.88 Å². The summed E-state index contributed by atoms with van der Waals surface area (Å²) in [6.45, 7) is 10.3. The molecule has 0 fully saturated rings. The molecule has 4 heteroatoms. The zero-order valence-corrected chi connectivity index (χ0v) is 16.1. The summed E-state index contributed by atoms with van der Waals surface area (Å²) in [5, 5.41) is 7.58. The van der Waals surface area contributed by atoms with Crippen LogP contribution in [0.2, 0.25) is 0 Å². The van der Waals surface area contributed by atoms with Gasteiger partial charge in [0.15, 0.2) is 5.90 Å². The van der Waals surface area contributed by atoms with E-state index in [2.05, 4.69) is 31.8 Å². The van der Waals surface area contributed by atoms with Crippen molar-refractivity contribution >= 4 is 5.90 Å². The molecule has 1 aromatic rings. The third-order valence-electron chi connectivity index (χ3n) is 2.25. The van der Waals surface area contributed by atoms with Crippen molar-refractivity contribution in [1.29, 1.82) is 5.41 Å². The van der Waals surface area contributed by atoms with Crippen molar-refractivity contribution in [2.45, 2.75) is 53.4 Å². The average Bonchev–Trinajstić information content (AvgIpc) is 2.42. The summed E-state index contributed by atoms with van der Waals surface area (Å²) in [5.74, 6) is 0.928. The number of rotatable bonds is 5. The molecule has 0 saturated carbocycles. The van der Waals surface area contributed by atoms with Crippen molar-refractivity contribution < 1.29 is 37.4 Å². The summed E-state index contributed by atoms with van der Waals surface area (Å²) in [5.41, 5.74) is 1.05. The fraction of sp³-hybridized carbons (Fsp3) is 0.500. The largest absolute Gasteiger partial charge is 0.484 e. The molecule has 0 atom stereocenters. The average molecular weight is 350 g/mol.